The van der Waals surface area contributed by atoms with Crippen LogP contribution in [-0.4, -0.2) is 29.3 Å². The maximum absolute atomic E-state index is 10.7. The molecule has 0 aromatic carbocycles. The third-order valence-electron chi connectivity index (χ3n) is 5.18. The van der Waals surface area contributed by atoms with Crippen LogP contribution in [0.1, 0.15) is 115 Å². The number of hydrogen-bond donors (Lipinski definition) is 0. The maximum Gasteiger partial charge on any atom is 2.00 e. The smallest absolute Gasteiger partial charge is 1.00 e. The molecular weight excluding hydrogens is 485 g/mol. The Morgan fingerprint density at radius 2 is 1.23 bits per heavy atom. The Balaban J connectivity index is -0.000000481. The van der Waals surface area contributed by atoms with Crippen molar-refractivity contribution >= 4 is 67.9 Å². The van der Waals surface area contributed by atoms with Crippen molar-refractivity contribution in [2.75, 3.05) is 0 Å². The number of hydrogen-bond acceptors (Lipinski definition) is 3. The molecule has 0 aliphatic heterocycles. The minimum atomic E-state index is 0. The summed E-state index contributed by atoms with van der Waals surface area (Å²) in [5, 5.41) is 4.17. The number of unbranched alkanes of at least 4 members (excludes halogenated alkanes) is 10. The van der Waals surface area contributed by atoms with E-state index >= 15 is 0 Å². The van der Waals surface area contributed by atoms with Crippen LogP contribution < -0.4 is 0 Å². The largest absolute Gasteiger partial charge is 2.00 e. The second-order valence-electron chi connectivity index (χ2n) is 7.68. The number of aryl methyl sites for hydroxylation is 2. The Hall–Kier alpha value is 0.316. The zero-order chi connectivity index (χ0) is 21.2. The molecule has 2 aromatic rings. The maximum atomic E-state index is 10.7. The number of carbonyl (C=O) groups is 1. The van der Waals surface area contributed by atoms with Gasteiger partial charge >= 0.3 is 23.1 Å². The molecule has 30 heavy (non-hydrogen) atoms. The van der Waals surface area contributed by atoms with Crippen LogP contribution in [0.15, 0.2) is 26.7 Å². The van der Waals surface area contributed by atoms with Crippen LogP contribution in [0.2, 0.25) is 0 Å². The second kappa shape index (κ2) is 21.2. The van der Waals surface area contributed by atoms with Gasteiger partial charge in [-0.1, -0.05) is 78.1 Å². The molecule has 0 N–H and O–H groups in total. The fourth-order valence-electron chi connectivity index (χ4n) is 3.35. The van der Waals surface area contributed by atoms with Crippen molar-refractivity contribution in [3.63, 3.8) is 0 Å². The SMILES string of the molecule is CCCCCCCCc1ccsc1Br.CCCCCCCCc1ccsc1C=O.[H-].[H-].[Mg+2]. The molecule has 1 nitrogen and oxygen atoms in total. The van der Waals surface area contributed by atoms with Crippen molar-refractivity contribution in [1.29, 1.82) is 0 Å². The minimum Gasteiger partial charge on any atom is -1.00 e. The molecule has 0 unspecified atom stereocenters. The Kier molecular flexibility index (Phi) is 21.4. The average Bonchev–Trinajstić information content (AvgIpc) is 3.36. The molecule has 0 saturated carbocycles. The molecule has 0 fully saturated rings. The molecule has 0 amide bonds. The Labute approximate surface area is 220 Å². The van der Waals surface area contributed by atoms with E-state index in [0.717, 1.165) is 17.6 Å². The number of thiophene rings is 2. The van der Waals surface area contributed by atoms with Crippen molar-refractivity contribution in [2.45, 2.75) is 104 Å². The van der Waals surface area contributed by atoms with Gasteiger partial charge in [0.2, 0.25) is 0 Å². The first kappa shape index (κ1) is 30.3. The fourth-order valence-corrected chi connectivity index (χ4v) is 5.43. The van der Waals surface area contributed by atoms with Crippen molar-refractivity contribution in [2.24, 2.45) is 0 Å². The molecule has 0 aliphatic rings. The van der Waals surface area contributed by atoms with E-state index in [9.17, 15) is 4.79 Å². The molecule has 2 rings (SSSR count). The molecule has 2 aromatic heterocycles. The van der Waals surface area contributed by atoms with E-state index in [1.165, 1.54) is 98.4 Å². The van der Waals surface area contributed by atoms with Gasteiger partial charge in [-0.3, -0.25) is 4.79 Å². The number of rotatable bonds is 15. The first-order valence-electron chi connectivity index (χ1n) is 11.5. The normalized spacial score (nSPS) is 10.2. The van der Waals surface area contributed by atoms with Gasteiger partial charge in [-0.05, 0) is 75.6 Å². The van der Waals surface area contributed by atoms with Gasteiger partial charge in [0.25, 0.3) is 0 Å². The standard InChI is InChI=1S/C13H20OS.C12H19BrS.Mg.2H/c1-2-3-4-5-6-7-8-12-9-10-15-13(12)11-14;1-2-3-4-5-6-7-8-11-9-10-14-12(11)13;;;/h9-11H,2-8H2,1H3;9-10H,2-8H2,1H3;;;/q;;+2;2*-1. The van der Waals surface area contributed by atoms with Crippen LogP contribution in [0.5, 0.6) is 0 Å². The Bertz CT molecular complexity index is 649. The van der Waals surface area contributed by atoms with Crippen molar-refractivity contribution in [3.8, 4) is 0 Å². The van der Waals surface area contributed by atoms with Crippen molar-refractivity contribution < 1.29 is 7.65 Å². The van der Waals surface area contributed by atoms with Gasteiger partial charge in [-0.25, -0.2) is 0 Å². The third-order valence-corrected chi connectivity index (χ3v) is 7.88. The van der Waals surface area contributed by atoms with Gasteiger partial charge in [-0.15, -0.1) is 22.7 Å². The average molecular weight is 526 g/mol. The third kappa shape index (κ3) is 14.4. The summed E-state index contributed by atoms with van der Waals surface area (Å²) in [6.45, 7) is 4.50. The van der Waals surface area contributed by atoms with E-state index in [1.807, 2.05) is 5.38 Å². The zero-order valence-corrected chi connectivity index (χ0v) is 23.7. The van der Waals surface area contributed by atoms with E-state index in [-0.39, 0.29) is 25.9 Å². The number of halogens is 1. The summed E-state index contributed by atoms with van der Waals surface area (Å²) in [5.41, 5.74) is 2.73. The molecule has 168 valence electrons. The first-order valence-corrected chi connectivity index (χ1v) is 14.0. The first-order chi connectivity index (χ1) is 14.2. The molecule has 0 radical (unpaired) electrons. The van der Waals surface area contributed by atoms with Crippen molar-refractivity contribution in [1.82, 2.24) is 0 Å². The summed E-state index contributed by atoms with van der Waals surface area (Å²) in [6.07, 6.45) is 19.5. The summed E-state index contributed by atoms with van der Waals surface area (Å²) < 4.78 is 1.33. The molecule has 0 spiro atoms. The predicted molar refractivity (Wildman–Crippen MR) is 144 cm³/mol. The monoisotopic (exact) mass is 524 g/mol. The van der Waals surface area contributed by atoms with Crippen molar-refractivity contribution in [3.05, 3.63) is 42.7 Å². The van der Waals surface area contributed by atoms with Gasteiger partial charge < -0.3 is 2.85 Å². The van der Waals surface area contributed by atoms with Crippen LogP contribution in [0.4, 0.5) is 0 Å². The fraction of sp³-hybridized carbons (Fsp3) is 0.640. The summed E-state index contributed by atoms with van der Waals surface area (Å²) >= 11 is 6.93. The number of aldehydes is 1. The van der Waals surface area contributed by atoms with Gasteiger partial charge in [0.15, 0.2) is 6.29 Å². The quantitative estimate of drug-likeness (QED) is 0.128. The molecule has 0 bridgehead atoms. The molecule has 0 aliphatic carbocycles. The predicted octanol–water partition coefficient (Wildman–Crippen LogP) is 9.72. The number of carbonyl (C=O) groups excluding carboxylic acids is 1. The molecule has 0 saturated heterocycles. The second-order valence-corrected chi connectivity index (χ2v) is 10.9. The van der Waals surface area contributed by atoms with Gasteiger partial charge in [0.1, 0.15) is 0 Å². The molecule has 2 heterocycles. The van der Waals surface area contributed by atoms with E-state index < -0.39 is 0 Å². The Morgan fingerprint density at radius 1 is 0.767 bits per heavy atom. The molecule has 0 atom stereocenters. The summed E-state index contributed by atoms with van der Waals surface area (Å²) in [7, 11) is 0. The van der Waals surface area contributed by atoms with E-state index in [4.69, 9.17) is 0 Å². The van der Waals surface area contributed by atoms with Crippen LogP contribution >= 0.6 is 38.6 Å². The van der Waals surface area contributed by atoms with E-state index in [1.54, 1.807) is 22.7 Å². The van der Waals surface area contributed by atoms with Gasteiger partial charge in [0.05, 0.1) is 8.66 Å². The van der Waals surface area contributed by atoms with E-state index in [2.05, 4.69) is 47.3 Å². The van der Waals surface area contributed by atoms with E-state index in [0.29, 0.717) is 0 Å². The summed E-state index contributed by atoms with van der Waals surface area (Å²) in [5.74, 6) is 0. The van der Waals surface area contributed by atoms with Crippen LogP contribution in [0, 0.1) is 0 Å². The summed E-state index contributed by atoms with van der Waals surface area (Å²) in [6, 6.07) is 4.32. The zero-order valence-electron chi connectivity index (χ0n) is 21.1. The Morgan fingerprint density at radius 3 is 1.73 bits per heavy atom. The topological polar surface area (TPSA) is 17.1 Å². The van der Waals surface area contributed by atoms with Gasteiger partial charge in [0, 0.05) is 0 Å². The summed E-state index contributed by atoms with van der Waals surface area (Å²) in [4.78, 5) is 11.6. The van der Waals surface area contributed by atoms with Crippen LogP contribution in [0.3, 0.4) is 0 Å². The van der Waals surface area contributed by atoms with Crippen LogP contribution in [0.25, 0.3) is 0 Å². The van der Waals surface area contributed by atoms with Gasteiger partial charge in [-0.2, -0.15) is 0 Å². The van der Waals surface area contributed by atoms with Crippen LogP contribution in [-0.2, 0) is 12.8 Å². The molecule has 5 heteroatoms. The minimum absolute atomic E-state index is 0. The molecular formula is C25H41BrMgOS2.